The quantitative estimate of drug-likeness (QED) is 0.479. The highest BCUT2D eigenvalue weighted by molar-refractivity contribution is 7.80. The second-order valence-electron chi connectivity index (χ2n) is 4.22. The summed E-state index contributed by atoms with van der Waals surface area (Å²) in [5, 5.41) is 0. The van der Waals surface area contributed by atoms with Crippen molar-refractivity contribution in [2.45, 2.75) is 58.8 Å². The van der Waals surface area contributed by atoms with E-state index in [0.29, 0.717) is 0 Å². The monoisotopic (exact) mass is 252 g/mol. The Balaban J connectivity index is 3.89. The van der Waals surface area contributed by atoms with E-state index in [0.717, 1.165) is 44.9 Å². The fourth-order valence-electron chi connectivity index (χ4n) is 1.67. The maximum atomic E-state index is 10.5. The van der Waals surface area contributed by atoms with E-state index in [9.17, 15) is 8.42 Å². The molecule has 0 rings (SSSR count). The van der Waals surface area contributed by atoms with Crippen molar-refractivity contribution in [2.24, 2.45) is 5.92 Å². The molecule has 0 bridgehead atoms. The van der Waals surface area contributed by atoms with E-state index in [-0.39, 0.29) is 12.5 Å². The van der Waals surface area contributed by atoms with E-state index in [1.54, 1.807) is 0 Å². The highest BCUT2D eigenvalue weighted by Gasteiger charge is 2.13. The standard InChI is InChI=1S/C11H24O4S/c1-3-5-7-9-11(8-6-4-2)10-15-16(12,13)14/h11H,3-10H2,1-2H3,(H,12,13,14). The molecule has 98 valence electrons. The Hall–Kier alpha value is -0.130. The Morgan fingerprint density at radius 3 is 2.12 bits per heavy atom. The van der Waals surface area contributed by atoms with Gasteiger partial charge in [0, 0.05) is 0 Å². The fraction of sp³-hybridized carbons (Fsp3) is 1.00. The lowest BCUT2D eigenvalue weighted by atomic mass is 9.96. The SMILES string of the molecule is CCCCCC(CCCC)COS(=O)(=O)O. The average Bonchev–Trinajstić information content (AvgIpc) is 2.20. The number of rotatable bonds is 10. The van der Waals surface area contributed by atoms with Crippen molar-refractivity contribution in [1.29, 1.82) is 0 Å². The molecule has 1 N–H and O–H groups in total. The average molecular weight is 252 g/mol. The van der Waals surface area contributed by atoms with E-state index in [1.807, 2.05) is 0 Å². The van der Waals surface area contributed by atoms with Crippen molar-refractivity contribution in [3.63, 3.8) is 0 Å². The topological polar surface area (TPSA) is 63.6 Å². The molecule has 5 heteroatoms. The molecule has 0 heterocycles. The first kappa shape index (κ1) is 15.9. The Labute approximate surface area is 99.3 Å². The van der Waals surface area contributed by atoms with Gasteiger partial charge in [0.1, 0.15) is 0 Å². The Kier molecular flexibility index (Phi) is 8.89. The minimum Gasteiger partial charge on any atom is -0.264 e. The van der Waals surface area contributed by atoms with Crippen LogP contribution >= 0.6 is 0 Å². The third-order valence-corrected chi connectivity index (χ3v) is 3.07. The van der Waals surface area contributed by atoms with E-state index >= 15 is 0 Å². The van der Waals surface area contributed by atoms with Gasteiger partial charge in [-0.15, -0.1) is 0 Å². The van der Waals surface area contributed by atoms with Crippen molar-refractivity contribution in [2.75, 3.05) is 6.61 Å². The van der Waals surface area contributed by atoms with Crippen molar-refractivity contribution in [3.8, 4) is 0 Å². The zero-order valence-electron chi connectivity index (χ0n) is 10.3. The summed E-state index contributed by atoms with van der Waals surface area (Å²) in [5.74, 6) is 0.244. The Bertz CT molecular complexity index is 249. The van der Waals surface area contributed by atoms with Crippen LogP contribution < -0.4 is 0 Å². The van der Waals surface area contributed by atoms with Crippen LogP contribution in [0.1, 0.15) is 58.8 Å². The summed E-state index contributed by atoms with van der Waals surface area (Å²) in [6.45, 7) is 4.35. The van der Waals surface area contributed by atoms with Gasteiger partial charge in [0.25, 0.3) is 0 Å². The van der Waals surface area contributed by atoms with Gasteiger partial charge in [-0.25, -0.2) is 4.18 Å². The van der Waals surface area contributed by atoms with Crippen LogP contribution in [0.2, 0.25) is 0 Å². The van der Waals surface area contributed by atoms with Crippen molar-refractivity contribution in [3.05, 3.63) is 0 Å². The van der Waals surface area contributed by atoms with Crippen LogP contribution in [0.4, 0.5) is 0 Å². The summed E-state index contributed by atoms with van der Waals surface area (Å²) in [7, 11) is -4.27. The molecule has 1 unspecified atom stereocenters. The second kappa shape index (κ2) is 8.96. The summed E-state index contributed by atoms with van der Waals surface area (Å²) in [6, 6.07) is 0. The lowest BCUT2D eigenvalue weighted by Gasteiger charge is -2.15. The van der Waals surface area contributed by atoms with Crippen molar-refractivity contribution in [1.82, 2.24) is 0 Å². The van der Waals surface area contributed by atoms with E-state index in [2.05, 4.69) is 18.0 Å². The lowest BCUT2D eigenvalue weighted by molar-refractivity contribution is 0.205. The highest BCUT2D eigenvalue weighted by Crippen LogP contribution is 2.17. The zero-order chi connectivity index (χ0) is 12.4. The van der Waals surface area contributed by atoms with Crippen LogP contribution in [-0.2, 0) is 14.6 Å². The maximum absolute atomic E-state index is 10.5. The first-order valence-electron chi connectivity index (χ1n) is 6.11. The second-order valence-corrected chi connectivity index (χ2v) is 5.31. The molecule has 16 heavy (non-hydrogen) atoms. The molecule has 0 radical (unpaired) electrons. The lowest BCUT2D eigenvalue weighted by Crippen LogP contribution is -2.14. The molecule has 1 atom stereocenters. The summed E-state index contributed by atoms with van der Waals surface area (Å²) in [6.07, 6.45) is 7.52. The molecule has 0 fully saturated rings. The minimum atomic E-state index is -4.27. The van der Waals surface area contributed by atoms with Crippen LogP contribution in [0.15, 0.2) is 0 Å². The largest absolute Gasteiger partial charge is 0.397 e. The van der Waals surface area contributed by atoms with Crippen molar-refractivity contribution < 1.29 is 17.2 Å². The molecule has 0 spiro atoms. The third-order valence-electron chi connectivity index (χ3n) is 2.63. The summed E-state index contributed by atoms with van der Waals surface area (Å²) in [5.41, 5.74) is 0. The third kappa shape index (κ3) is 10.4. The van der Waals surface area contributed by atoms with E-state index < -0.39 is 10.4 Å². The first-order chi connectivity index (χ1) is 7.49. The molecule has 0 saturated carbocycles. The van der Waals surface area contributed by atoms with E-state index in [4.69, 9.17) is 4.55 Å². The molecular formula is C11H24O4S. The Morgan fingerprint density at radius 2 is 1.62 bits per heavy atom. The molecule has 0 saturated heterocycles. The first-order valence-corrected chi connectivity index (χ1v) is 7.48. The van der Waals surface area contributed by atoms with Gasteiger partial charge in [-0.3, -0.25) is 4.55 Å². The van der Waals surface area contributed by atoms with Gasteiger partial charge in [0.2, 0.25) is 0 Å². The molecule has 0 aromatic carbocycles. The predicted octanol–water partition coefficient (Wildman–Crippen LogP) is 3.19. The van der Waals surface area contributed by atoms with Crippen LogP contribution in [0.5, 0.6) is 0 Å². The summed E-state index contributed by atoms with van der Waals surface area (Å²) in [4.78, 5) is 0. The molecular weight excluding hydrogens is 228 g/mol. The number of unbranched alkanes of at least 4 members (excludes halogenated alkanes) is 3. The fourth-order valence-corrected chi connectivity index (χ4v) is 2.03. The van der Waals surface area contributed by atoms with Gasteiger partial charge in [-0.05, 0) is 18.8 Å². The molecule has 0 aliphatic rings. The van der Waals surface area contributed by atoms with Gasteiger partial charge in [-0.2, -0.15) is 8.42 Å². The molecule has 0 aliphatic carbocycles. The summed E-state index contributed by atoms with van der Waals surface area (Å²) >= 11 is 0. The maximum Gasteiger partial charge on any atom is 0.397 e. The van der Waals surface area contributed by atoms with Crippen LogP contribution in [0, 0.1) is 5.92 Å². The Morgan fingerprint density at radius 1 is 1.06 bits per heavy atom. The smallest absolute Gasteiger partial charge is 0.264 e. The van der Waals surface area contributed by atoms with Gasteiger partial charge in [0.15, 0.2) is 0 Å². The highest BCUT2D eigenvalue weighted by atomic mass is 32.3. The van der Waals surface area contributed by atoms with Crippen molar-refractivity contribution >= 4 is 10.4 Å². The normalized spacial score (nSPS) is 13.9. The predicted molar refractivity (Wildman–Crippen MR) is 64.7 cm³/mol. The zero-order valence-corrected chi connectivity index (χ0v) is 11.1. The van der Waals surface area contributed by atoms with Gasteiger partial charge >= 0.3 is 10.4 Å². The van der Waals surface area contributed by atoms with Crippen LogP contribution in [0.3, 0.4) is 0 Å². The molecule has 0 aromatic heterocycles. The summed E-state index contributed by atoms with van der Waals surface area (Å²) < 4.78 is 33.9. The molecule has 0 aromatic rings. The number of hydrogen-bond donors (Lipinski definition) is 1. The number of hydrogen-bond acceptors (Lipinski definition) is 3. The molecule has 0 amide bonds. The van der Waals surface area contributed by atoms with Gasteiger partial charge in [0.05, 0.1) is 6.61 Å². The minimum absolute atomic E-state index is 0.114. The van der Waals surface area contributed by atoms with E-state index in [1.165, 1.54) is 0 Å². The van der Waals surface area contributed by atoms with Gasteiger partial charge in [-0.1, -0.05) is 46.0 Å². The molecule has 0 aliphatic heterocycles. The molecule has 4 nitrogen and oxygen atoms in total. The van der Waals surface area contributed by atoms with Crippen LogP contribution in [0.25, 0.3) is 0 Å². The van der Waals surface area contributed by atoms with Crippen LogP contribution in [-0.4, -0.2) is 19.6 Å². The van der Waals surface area contributed by atoms with Gasteiger partial charge < -0.3 is 0 Å².